The molecule has 0 spiro atoms. The van der Waals surface area contributed by atoms with Crippen molar-refractivity contribution in [1.82, 2.24) is 10.6 Å². The van der Waals surface area contributed by atoms with Crippen molar-refractivity contribution in [1.29, 1.82) is 0 Å². The lowest BCUT2D eigenvalue weighted by atomic mass is 10.0. The van der Waals surface area contributed by atoms with Gasteiger partial charge in [-0.2, -0.15) is 0 Å². The maximum Gasteiger partial charge on any atom is 0.207 e. The number of fused-ring (bicyclic) bond motifs is 2. The van der Waals surface area contributed by atoms with E-state index < -0.39 is 11.6 Å². The minimum atomic E-state index is -0.472. The average Bonchev–Trinajstić information content (AvgIpc) is 3.85. The molecule has 66 heavy (non-hydrogen) atoms. The van der Waals surface area contributed by atoms with Crippen LogP contribution >= 0.6 is 22.7 Å². The summed E-state index contributed by atoms with van der Waals surface area (Å²) in [5.74, 6) is 1.32. The molecule has 8 nitrogen and oxygen atoms in total. The Kier molecular flexibility index (Phi) is 14.8. The van der Waals surface area contributed by atoms with Crippen molar-refractivity contribution in [3.63, 3.8) is 0 Å². The lowest BCUT2D eigenvalue weighted by Gasteiger charge is -2.11. The molecule has 2 heterocycles. The van der Waals surface area contributed by atoms with Gasteiger partial charge in [0, 0.05) is 37.8 Å². The van der Waals surface area contributed by atoms with Crippen molar-refractivity contribution in [2.24, 2.45) is 0 Å². The summed E-state index contributed by atoms with van der Waals surface area (Å²) >= 11 is 2.54. The zero-order valence-corrected chi connectivity index (χ0v) is 38.6. The number of phenols is 1. The van der Waals surface area contributed by atoms with Gasteiger partial charge in [0.1, 0.15) is 51.0 Å². The highest BCUT2D eigenvalue weighted by atomic mass is 32.1. The molecule has 0 fully saturated rings. The Bertz CT molecular complexity index is 3000. The molecule has 0 aliphatic rings. The molecule has 2 aromatic heterocycles. The number of hydrogen-bond acceptors (Lipinski definition) is 10. The zero-order valence-electron chi connectivity index (χ0n) is 37.0. The summed E-state index contributed by atoms with van der Waals surface area (Å²) in [5.41, 5.74) is 4.23. The average molecular weight is 925 g/mol. The SMILES string of the molecule is CCNCCCc1ccc(Oc2c(C(=O)c3cc(F)ccc3C)sc3cc(OCCNCCCc4ccc(Oc5c(C(=O)c6ccc(F)cc6C)sc6cc(O)ccc56)cc4)ccc23)cc1. The summed E-state index contributed by atoms with van der Waals surface area (Å²) in [4.78, 5) is 28.5. The van der Waals surface area contributed by atoms with E-state index in [9.17, 15) is 23.5 Å². The van der Waals surface area contributed by atoms with Gasteiger partial charge in [-0.15, -0.1) is 22.7 Å². The van der Waals surface area contributed by atoms with Crippen molar-refractivity contribution in [2.45, 2.75) is 46.5 Å². The van der Waals surface area contributed by atoms with Crippen LogP contribution < -0.4 is 24.8 Å². The first-order valence-electron chi connectivity index (χ1n) is 22.1. The third kappa shape index (κ3) is 11.0. The molecule has 0 aliphatic carbocycles. The molecule has 8 aromatic rings. The van der Waals surface area contributed by atoms with Crippen molar-refractivity contribution < 1.29 is 37.7 Å². The molecule has 8 rings (SSSR count). The molecular weight excluding hydrogens is 875 g/mol. The van der Waals surface area contributed by atoms with E-state index >= 15 is 0 Å². The minimum absolute atomic E-state index is 0.0863. The van der Waals surface area contributed by atoms with Crippen molar-refractivity contribution >= 4 is 54.4 Å². The number of thiophene rings is 2. The quantitative estimate of drug-likeness (QED) is 0.0483. The Morgan fingerprint density at radius 3 is 1.74 bits per heavy atom. The molecule has 338 valence electrons. The van der Waals surface area contributed by atoms with Gasteiger partial charge in [0.2, 0.25) is 11.6 Å². The van der Waals surface area contributed by atoms with E-state index in [2.05, 4.69) is 17.6 Å². The summed E-state index contributed by atoms with van der Waals surface area (Å²) in [6.07, 6.45) is 3.70. The van der Waals surface area contributed by atoms with Gasteiger partial charge in [-0.05, 0) is 172 Å². The lowest BCUT2D eigenvalue weighted by Crippen LogP contribution is -2.22. The summed E-state index contributed by atoms with van der Waals surface area (Å²) in [6, 6.07) is 34.7. The van der Waals surface area contributed by atoms with E-state index in [1.807, 2.05) is 66.7 Å². The van der Waals surface area contributed by atoms with Crippen LogP contribution in [-0.4, -0.2) is 49.5 Å². The number of benzene rings is 6. The Balaban J connectivity index is 0.860. The van der Waals surface area contributed by atoms with Gasteiger partial charge in [-0.3, -0.25) is 9.59 Å². The molecule has 0 saturated carbocycles. The number of carbonyl (C=O) groups is 2. The fourth-order valence-corrected chi connectivity index (χ4v) is 9.96. The molecular formula is C54H50F2N2O6S2. The highest BCUT2D eigenvalue weighted by molar-refractivity contribution is 7.22. The lowest BCUT2D eigenvalue weighted by molar-refractivity contribution is 0.103. The maximum absolute atomic E-state index is 14.4. The van der Waals surface area contributed by atoms with Gasteiger partial charge in [-0.1, -0.05) is 37.3 Å². The molecule has 0 unspecified atom stereocenters. The predicted molar refractivity (Wildman–Crippen MR) is 261 cm³/mol. The van der Waals surface area contributed by atoms with Gasteiger partial charge in [0.05, 0.1) is 0 Å². The molecule has 0 atom stereocenters. The molecule has 0 aliphatic heterocycles. The number of ether oxygens (including phenoxy) is 3. The molecule has 12 heteroatoms. The van der Waals surface area contributed by atoms with Gasteiger partial charge in [-0.25, -0.2) is 8.78 Å². The standard InChI is InChI=1S/C54H50F2N2O6S2/c1-4-57-25-5-7-35-10-17-41(18-11-35)64-52-45-24-21-42(32-48(45)66-54(52)50(61)46-30-38(56)14-9-33(46)2)62-28-27-58-26-6-8-36-12-19-40(20-13-36)63-51-44-23-16-39(59)31-47(44)65-53(51)49(60)43-22-15-37(55)29-34(43)3/h9-24,29-32,57-59H,4-8,25-28H2,1-3H3. The minimum Gasteiger partial charge on any atom is -0.508 e. The van der Waals surface area contributed by atoms with E-state index in [4.69, 9.17) is 14.2 Å². The monoisotopic (exact) mass is 924 g/mol. The second-order valence-corrected chi connectivity index (χ2v) is 18.2. The predicted octanol–water partition coefficient (Wildman–Crippen LogP) is 12.9. The normalized spacial score (nSPS) is 11.3. The number of nitrogens with one attached hydrogen (secondary N) is 2. The second-order valence-electron chi connectivity index (χ2n) is 16.1. The molecule has 0 amide bonds. The second kappa shape index (κ2) is 21.2. The zero-order chi connectivity index (χ0) is 46.2. The largest absolute Gasteiger partial charge is 0.508 e. The molecule has 0 bridgehead atoms. The fraction of sp³-hybridized carbons (Fsp3) is 0.222. The van der Waals surface area contributed by atoms with Crippen LogP contribution in [0.25, 0.3) is 20.2 Å². The van der Waals surface area contributed by atoms with Crippen LogP contribution in [0.1, 0.15) is 72.5 Å². The van der Waals surface area contributed by atoms with Gasteiger partial charge >= 0.3 is 0 Å². The van der Waals surface area contributed by atoms with Crippen molar-refractivity contribution in [2.75, 3.05) is 32.8 Å². The van der Waals surface area contributed by atoms with Crippen LogP contribution in [0, 0.1) is 25.5 Å². The molecule has 6 aromatic carbocycles. The number of carbonyl (C=O) groups excluding carboxylic acids is 2. The Labute approximate surface area is 390 Å². The Morgan fingerprint density at radius 1 is 0.576 bits per heavy atom. The van der Waals surface area contributed by atoms with Crippen molar-refractivity contribution in [3.05, 3.63) is 176 Å². The van der Waals surface area contributed by atoms with Crippen LogP contribution in [0.4, 0.5) is 8.78 Å². The van der Waals surface area contributed by atoms with Gasteiger partial charge < -0.3 is 30.0 Å². The summed E-state index contributed by atoms with van der Waals surface area (Å²) in [7, 11) is 0. The number of ketones is 2. The van der Waals surface area contributed by atoms with Crippen LogP contribution in [0.2, 0.25) is 0 Å². The van der Waals surface area contributed by atoms with Crippen molar-refractivity contribution in [3.8, 4) is 34.5 Å². The van der Waals surface area contributed by atoms with E-state index in [0.717, 1.165) is 61.0 Å². The first-order chi connectivity index (χ1) is 32.0. The fourth-order valence-electron chi connectivity index (χ4n) is 7.73. The number of hydrogen-bond donors (Lipinski definition) is 3. The van der Waals surface area contributed by atoms with Crippen LogP contribution in [-0.2, 0) is 12.8 Å². The van der Waals surface area contributed by atoms with E-state index in [-0.39, 0.29) is 17.3 Å². The van der Waals surface area contributed by atoms with Crippen LogP contribution in [0.3, 0.4) is 0 Å². The van der Waals surface area contributed by atoms with Gasteiger partial charge in [0.25, 0.3) is 0 Å². The van der Waals surface area contributed by atoms with E-state index in [1.165, 1.54) is 58.6 Å². The third-order valence-electron chi connectivity index (χ3n) is 11.3. The number of rotatable bonds is 21. The summed E-state index contributed by atoms with van der Waals surface area (Å²) in [6.45, 7) is 9.34. The summed E-state index contributed by atoms with van der Waals surface area (Å²) in [5, 5.41) is 18.4. The topological polar surface area (TPSA) is 106 Å². The molecule has 0 saturated heterocycles. The number of halogens is 2. The number of aromatic hydroxyl groups is 1. The third-order valence-corrected chi connectivity index (χ3v) is 13.5. The van der Waals surface area contributed by atoms with E-state index in [1.54, 1.807) is 38.1 Å². The first kappa shape index (κ1) is 46.1. The molecule has 0 radical (unpaired) electrons. The van der Waals surface area contributed by atoms with Gasteiger partial charge in [0.15, 0.2) is 11.5 Å². The van der Waals surface area contributed by atoms with E-state index in [0.29, 0.717) is 84.0 Å². The Hall–Kier alpha value is -6.44. The first-order valence-corrected chi connectivity index (χ1v) is 23.7. The van der Waals surface area contributed by atoms with Crippen LogP contribution in [0.5, 0.6) is 34.5 Å². The number of aryl methyl sites for hydroxylation is 4. The smallest absolute Gasteiger partial charge is 0.207 e. The maximum atomic E-state index is 14.4. The highest BCUT2D eigenvalue weighted by Gasteiger charge is 2.25. The summed E-state index contributed by atoms with van der Waals surface area (Å²) < 4.78 is 48.7. The highest BCUT2D eigenvalue weighted by Crippen LogP contribution is 2.45. The Morgan fingerprint density at radius 2 is 1.12 bits per heavy atom. The molecule has 3 N–H and O–H groups in total. The number of phenolic OH excluding ortho intramolecular Hbond substituents is 1. The van der Waals surface area contributed by atoms with Crippen LogP contribution in [0.15, 0.2) is 121 Å².